The van der Waals surface area contributed by atoms with Crippen molar-refractivity contribution < 1.29 is 9.47 Å². The highest BCUT2D eigenvalue weighted by atomic mass is 16.5. The molecule has 2 aromatic rings. The largest absolute Gasteiger partial charge is 0.388 e. The second-order valence-electron chi connectivity index (χ2n) is 8.57. The van der Waals surface area contributed by atoms with Gasteiger partial charge in [-0.3, -0.25) is 0 Å². The maximum atomic E-state index is 9.00. The van der Waals surface area contributed by atoms with Gasteiger partial charge in [0.15, 0.2) is 0 Å². The summed E-state index contributed by atoms with van der Waals surface area (Å²) in [5, 5.41) is 17.6. The van der Waals surface area contributed by atoms with E-state index in [-0.39, 0.29) is 5.41 Å². The van der Waals surface area contributed by atoms with E-state index in [0.717, 1.165) is 30.4 Å². The Morgan fingerprint density at radius 2 is 1.69 bits per heavy atom. The third-order valence-electron chi connectivity index (χ3n) is 5.56. The molecule has 3 rings (SSSR count). The Hall–Kier alpha value is -3.24. The van der Waals surface area contributed by atoms with Crippen LogP contribution in [0.2, 0.25) is 0 Å². The van der Waals surface area contributed by atoms with Gasteiger partial charge in [-0.25, -0.2) is 0 Å². The zero-order chi connectivity index (χ0) is 21.0. The number of aryl methyl sites for hydroxylation is 1. The highest BCUT2D eigenvalue weighted by Crippen LogP contribution is 2.41. The molecular formula is C25H26N2O2. The summed E-state index contributed by atoms with van der Waals surface area (Å²) >= 11 is 0. The Kier molecular flexibility index (Phi) is 5.95. The molecule has 0 amide bonds. The molecule has 29 heavy (non-hydrogen) atoms. The zero-order valence-corrected chi connectivity index (χ0v) is 17.5. The van der Waals surface area contributed by atoms with Crippen LogP contribution >= 0.6 is 0 Å². The van der Waals surface area contributed by atoms with Crippen molar-refractivity contribution in [3.05, 3.63) is 64.7 Å². The molecule has 0 spiro atoms. The van der Waals surface area contributed by atoms with Gasteiger partial charge in [-0.2, -0.15) is 0 Å². The van der Waals surface area contributed by atoms with Gasteiger partial charge in [0, 0.05) is 5.56 Å². The van der Waals surface area contributed by atoms with Crippen LogP contribution in [-0.2, 0) is 5.41 Å². The van der Waals surface area contributed by atoms with Crippen molar-refractivity contribution in [1.82, 2.24) is 0 Å². The number of rotatable bonds is 4. The maximum absolute atomic E-state index is 9.00. The van der Waals surface area contributed by atoms with E-state index in [1.54, 1.807) is 6.26 Å². The molecule has 0 saturated carbocycles. The summed E-state index contributed by atoms with van der Waals surface area (Å²) in [6, 6.07) is 12.0. The zero-order valence-electron chi connectivity index (χ0n) is 17.5. The van der Waals surface area contributed by atoms with Crippen LogP contribution in [0.5, 0.6) is 11.5 Å². The molecule has 0 saturated heterocycles. The number of ether oxygens (including phenoxy) is 2. The lowest BCUT2D eigenvalue weighted by Crippen LogP contribution is -2.14. The minimum absolute atomic E-state index is 0.111. The smallest absolute Gasteiger partial charge is 0.292 e. The van der Waals surface area contributed by atoms with Crippen LogP contribution in [0.25, 0.3) is 5.57 Å². The Bertz CT molecular complexity index is 999. The SMILES string of the molecule is Cc1cc(OC#N)c(C(C)(C)C)cc1C1=CCC(c2ccc(OC#N)cc2)CC1. The average Bonchev–Trinajstić information content (AvgIpc) is 2.68. The van der Waals surface area contributed by atoms with Crippen LogP contribution in [0.4, 0.5) is 0 Å². The molecule has 0 aromatic heterocycles. The topological polar surface area (TPSA) is 66.0 Å². The lowest BCUT2D eigenvalue weighted by atomic mass is 9.79. The van der Waals surface area contributed by atoms with Crippen molar-refractivity contribution in [3.8, 4) is 24.0 Å². The minimum atomic E-state index is -0.111. The molecule has 0 aliphatic heterocycles. The number of nitriles is 2. The summed E-state index contributed by atoms with van der Waals surface area (Å²) in [5.74, 6) is 1.70. The number of hydrogen-bond acceptors (Lipinski definition) is 4. The highest BCUT2D eigenvalue weighted by Gasteiger charge is 2.24. The first-order valence-corrected chi connectivity index (χ1v) is 9.90. The first-order chi connectivity index (χ1) is 13.8. The van der Waals surface area contributed by atoms with Crippen LogP contribution < -0.4 is 9.47 Å². The highest BCUT2D eigenvalue weighted by molar-refractivity contribution is 5.71. The number of allylic oxidation sites excluding steroid dienone is 2. The van der Waals surface area contributed by atoms with Gasteiger partial charge in [0.05, 0.1) is 0 Å². The molecule has 0 N–H and O–H groups in total. The minimum Gasteiger partial charge on any atom is -0.388 e. The monoisotopic (exact) mass is 386 g/mol. The van der Waals surface area contributed by atoms with E-state index >= 15 is 0 Å². The van der Waals surface area contributed by atoms with Gasteiger partial charge in [-0.15, -0.1) is 10.5 Å². The maximum Gasteiger partial charge on any atom is 0.292 e. The molecule has 1 atom stereocenters. The van der Waals surface area contributed by atoms with Crippen LogP contribution in [0.15, 0.2) is 42.5 Å². The van der Waals surface area contributed by atoms with E-state index in [1.165, 1.54) is 16.7 Å². The molecule has 1 aliphatic rings. The molecule has 4 nitrogen and oxygen atoms in total. The summed E-state index contributed by atoms with van der Waals surface area (Å²) in [4.78, 5) is 0. The summed E-state index contributed by atoms with van der Waals surface area (Å²) in [6.07, 6.45) is 8.92. The second kappa shape index (κ2) is 8.41. The molecule has 0 bridgehead atoms. The standard InChI is InChI=1S/C25H26N2O2/c1-17-13-24(29-16-27)23(25(2,3)4)14-22(17)20-7-5-18(6-8-20)19-9-11-21(12-10-19)28-15-26/h7,9-14,18H,5-6,8H2,1-4H3. The van der Waals surface area contributed by atoms with Crippen LogP contribution in [-0.4, -0.2) is 0 Å². The summed E-state index contributed by atoms with van der Waals surface area (Å²) in [7, 11) is 0. The molecule has 148 valence electrons. The van der Waals surface area contributed by atoms with Crippen molar-refractivity contribution in [3.63, 3.8) is 0 Å². The van der Waals surface area contributed by atoms with Gasteiger partial charge in [0.25, 0.3) is 12.5 Å². The molecule has 1 unspecified atom stereocenters. The molecule has 0 radical (unpaired) electrons. The molecular weight excluding hydrogens is 360 g/mol. The van der Waals surface area contributed by atoms with Crippen molar-refractivity contribution in [2.75, 3.05) is 0 Å². The molecule has 4 heteroatoms. The van der Waals surface area contributed by atoms with Gasteiger partial charge < -0.3 is 9.47 Å². The Balaban J connectivity index is 1.85. The Labute approximate surface area is 173 Å². The van der Waals surface area contributed by atoms with Crippen LogP contribution in [0.3, 0.4) is 0 Å². The van der Waals surface area contributed by atoms with E-state index in [1.807, 2.05) is 36.6 Å². The van der Waals surface area contributed by atoms with E-state index in [2.05, 4.69) is 39.8 Å². The second-order valence-corrected chi connectivity index (χ2v) is 8.57. The fraction of sp³-hybridized carbons (Fsp3) is 0.360. The normalized spacial score (nSPS) is 16.3. The third-order valence-corrected chi connectivity index (χ3v) is 5.56. The Morgan fingerprint density at radius 1 is 1.00 bits per heavy atom. The first-order valence-electron chi connectivity index (χ1n) is 9.90. The van der Waals surface area contributed by atoms with Gasteiger partial charge in [-0.05, 0) is 84.0 Å². The Morgan fingerprint density at radius 3 is 2.24 bits per heavy atom. The van der Waals surface area contributed by atoms with Crippen molar-refractivity contribution >= 4 is 5.57 Å². The number of hydrogen-bond donors (Lipinski definition) is 0. The molecule has 0 fully saturated rings. The number of nitrogens with zero attached hydrogens (tertiary/aromatic N) is 2. The van der Waals surface area contributed by atoms with Crippen molar-refractivity contribution in [2.45, 2.75) is 58.3 Å². The van der Waals surface area contributed by atoms with Crippen molar-refractivity contribution in [2.24, 2.45) is 0 Å². The summed E-state index contributed by atoms with van der Waals surface area (Å²) < 4.78 is 10.1. The van der Waals surface area contributed by atoms with E-state index in [9.17, 15) is 0 Å². The quantitative estimate of drug-likeness (QED) is 0.573. The third kappa shape index (κ3) is 4.61. The lowest BCUT2D eigenvalue weighted by molar-refractivity contribution is 0.473. The summed E-state index contributed by atoms with van der Waals surface area (Å²) in [6.45, 7) is 8.48. The fourth-order valence-corrected chi connectivity index (χ4v) is 3.99. The predicted octanol–water partition coefficient (Wildman–Crippen LogP) is 6.36. The van der Waals surface area contributed by atoms with Crippen LogP contribution in [0, 0.1) is 30.0 Å². The van der Waals surface area contributed by atoms with Gasteiger partial charge in [0.2, 0.25) is 0 Å². The fourth-order valence-electron chi connectivity index (χ4n) is 3.99. The van der Waals surface area contributed by atoms with E-state index in [4.69, 9.17) is 20.0 Å². The predicted molar refractivity (Wildman–Crippen MR) is 113 cm³/mol. The molecule has 2 aromatic carbocycles. The van der Waals surface area contributed by atoms with Crippen molar-refractivity contribution in [1.29, 1.82) is 10.5 Å². The van der Waals surface area contributed by atoms with E-state index < -0.39 is 0 Å². The molecule has 1 aliphatic carbocycles. The lowest BCUT2D eigenvalue weighted by Gasteiger charge is -2.26. The summed E-state index contributed by atoms with van der Waals surface area (Å²) in [5.41, 5.74) is 5.95. The first kappa shape index (κ1) is 20.5. The van der Waals surface area contributed by atoms with Gasteiger partial charge in [0.1, 0.15) is 11.5 Å². The number of benzene rings is 2. The van der Waals surface area contributed by atoms with E-state index in [0.29, 0.717) is 17.4 Å². The molecule has 0 heterocycles. The average molecular weight is 386 g/mol. The van der Waals surface area contributed by atoms with Crippen LogP contribution in [0.1, 0.15) is 68.2 Å². The van der Waals surface area contributed by atoms with Gasteiger partial charge in [-0.1, -0.05) is 39.0 Å². The van der Waals surface area contributed by atoms with Gasteiger partial charge >= 0.3 is 0 Å².